The highest BCUT2D eigenvalue weighted by Gasteiger charge is 2.30. The van der Waals surface area contributed by atoms with Gasteiger partial charge in [0.05, 0.1) is 17.6 Å². The molecule has 9 heteroatoms. The quantitative estimate of drug-likeness (QED) is 0.519. The molecule has 8 nitrogen and oxygen atoms in total. The third kappa shape index (κ3) is 4.75. The lowest BCUT2D eigenvalue weighted by atomic mass is 9.88. The van der Waals surface area contributed by atoms with E-state index in [4.69, 9.17) is 13.9 Å². The second kappa shape index (κ2) is 9.80. The molecule has 0 fully saturated rings. The van der Waals surface area contributed by atoms with Gasteiger partial charge in [0, 0.05) is 10.9 Å². The summed E-state index contributed by atoms with van der Waals surface area (Å²) >= 11 is 1.35. The first kappa shape index (κ1) is 23.7. The number of para-hydroxylation sites is 1. The van der Waals surface area contributed by atoms with Crippen LogP contribution in [0.25, 0.3) is 11.0 Å². The molecular formula is C25H25NO7S. The van der Waals surface area contributed by atoms with Crippen molar-refractivity contribution in [2.45, 2.75) is 46.1 Å². The summed E-state index contributed by atoms with van der Waals surface area (Å²) in [6.45, 7) is 5.51. The van der Waals surface area contributed by atoms with Crippen LogP contribution in [0.15, 0.2) is 39.5 Å². The first-order chi connectivity index (χ1) is 16.3. The van der Waals surface area contributed by atoms with Crippen molar-refractivity contribution in [3.05, 3.63) is 62.3 Å². The number of benzene rings is 1. The van der Waals surface area contributed by atoms with E-state index in [-0.39, 0.29) is 23.4 Å². The maximum atomic E-state index is 12.8. The van der Waals surface area contributed by atoms with Crippen molar-refractivity contribution < 1.29 is 28.3 Å². The summed E-state index contributed by atoms with van der Waals surface area (Å²) in [7, 11) is 0. The number of hydrogen-bond donors (Lipinski definition) is 1. The third-order valence-corrected chi connectivity index (χ3v) is 6.89. The molecule has 1 aliphatic carbocycles. The van der Waals surface area contributed by atoms with Crippen LogP contribution in [0.4, 0.5) is 5.00 Å². The van der Waals surface area contributed by atoms with E-state index in [9.17, 15) is 19.2 Å². The summed E-state index contributed by atoms with van der Waals surface area (Å²) in [6, 6.07) is 7.58. The number of hydrogen-bond acceptors (Lipinski definition) is 8. The van der Waals surface area contributed by atoms with Crippen molar-refractivity contribution in [2.24, 2.45) is 5.92 Å². The van der Waals surface area contributed by atoms with E-state index >= 15 is 0 Å². The van der Waals surface area contributed by atoms with Gasteiger partial charge in [-0.2, -0.15) is 0 Å². The summed E-state index contributed by atoms with van der Waals surface area (Å²) in [6.07, 6.45) is 1.32. The number of fused-ring (bicyclic) bond motifs is 2. The van der Waals surface area contributed by atoms with Gasteiger partial charge in [-0.05, 0) is 56.7 Å². The fourth-order valence-corrected chi connectivity index (χ4v) is 5.35. The van der Waals surface area contributed by atoms with E-state index < -0.39 is 23.9 Å². The number of ether oxygens (including phenoxy) is 2. The summed E-state index contributed by atoms with van der Waals surface area (Å²) in [5.74, 6) is -1.83. The van der Waals surface area contributed by atoms with Crippen LogP contribution >= 0.6 is 11.3 Å². The first-order valence-corrected chi connectivity index (χ1v) is 12.0. The zero-order valence-electron chi connectivity index (χ0n) is 19.1. The second-order valence-electron chi connectivity index (χ2n) is 8.28. The topological polar surface area (TPSA) is 112 Å². The van der Waals surface area contributed by atoms with Crippen LogP contribution in [-0.2, 0) is 27.1 Å². The monoisotopic (exact) mass is 483 g/mol. The molecule has 34 heavy (non-hydrogen) atoms. The van der Waals surface area contributed by atoms with Gasteiger partial charge in [-0.3, -0.25) is 9.59 Å². The molecule has 0 saturated heterocycles. The Hall–Kier alpha value is -3.46. The van der Waals surface area contributed by atoms with Gasteiger partial charge in [-0.15, -0.1) is 11.3 Å². The maximum Gasteiger partial charge on any atom is 0.375 e. The van der Waals surface area contributed by atoms with Gasteiger partial charge in [0.25, 0.3) is 5.91 Å². The van der Waals surface area contributed by atoms with Gasteiger partial charge in [0.2, 0.25) is 5.76 Å². The van der Waals surface area contributed by atoms with Gasteiger partial charge in [0.15, 0.2) is 11.5 Å². The highest BCUT2D eigenvalue weighted by Crippen LogP contribution is 2.40. The third-order valence-electron chi connectivity index (χ3n) is 5.72. The lowest BCUT2D eigenvalue weighted by molar-refractivity contribution is -0.123. The number of rotatable bonds is 6. The Morgan fingerprint density at radius 2 is 2.00 bits per heavy atom. The Morgan fingerprint density at radius 1 is 1.24 bits per heavy atom. The average Bonchev–Trinajstić information content (AvgIpc) is 3.15. The van der Waals surface area contributed by atoms with Crippen LogP contribution in [0.3, 0.4) is 0 Å². The van der Waals surface area contributed by atoms with E-state index in [2.05, 4.69) is 12.2 Å². The fourth-order valence-electron chi connectivity index (χ4n) is 3.95. The van der Waals surface area contributed by atoms with E-state index in [1.54, 1.807) is 31.2 Å². The number of carbonyl (C=O) groups is 3. The highest BCUT2D eigenvalue weighted by molar-refractivity contribution is 7.17. The molecule has 0 saturated carbocycles. The van der Waals surface area contributed by atoms with Crippen LogP contribution in [0.5, 0.6) is 0 Å². The predicted octanol–water partition coefficient (Wildman–Crippen LogP) is 4.34. The van der Waals surface area contributed by atoms with Crippen molar-refractivity contribution in [2.75, 3.05) is 11.9 Å². The summed E-state index contributed by atoms with van der Waals surface area (Å²) in [5.41, 5.74) is 1.15. The molecule has 1 aliphatic rings. The van der Waals surface area contributed by atoms with Gasteiger partial charge in [-0.25, -0.2) is 9.59 Å². The molecule has 0 spiro atoms. The number of nitrogens with one attached hydrogen (secondary N) is 1. The molecule has 2 atom stereocenters. The van der Waals surface area contributed by atoms with Crippen LogP contribution in [0.2, 0.25) is 0 Å². The van der Waals surface area contributed by atoms with Gasteiger partial charge in [0.1, 0.15) is 10.6 Å². The minimum Gasteiger partial charge on any atom is -0.462 e. The molecule has 2 aromatic heterocycles. The molecule has 1 aromatic carbocycles. The normalized spacial score (nSPS) is 15.9. The van der Waals surface area contributed by atoms with E-state index in [1.165, 1.54) is 18.3 Å². The highest BCUT2D eigenvalue weighted by atomic mass is 32.1. The van der Waals surface area contributed by atoms with Crippen molar-refractivity contribution in [3.63, 3.8) is 0 Å². The molecule has 1 N–H and O–H groups in total. The zero-order chi connectivity index (χ0) is 24.4. The SMILES string of the molecule is CCOC(=O)c1c(NC(=O)C(C)OC(=O)c2cc(=O)c3ccccc3o2)sc2c1CCC(C)C2. The van der Waals surface area contributed by atoms with Crippen molar-refractivity contribution in [1.29, 1.82) is 0 Å². The molecule has 0 bridgehead atoms. The molecule has 1 amide bonds. The number of anilines is 1. The number of amides is 1. The van der Waals surface area contributed by atoms with Gasteiger partial charge in [-0.1, -0.05) is 19.1 Å². The Labute approximate surface area is 199 Å². The summed E-state index contributed by atoms with van der Waals surface area (Å²) in [5, 5.41) is 3.46. The second-order valence-corrected chi connectivity index (χ2v) is 9.39. The average molecular weight is 484 g/mol. The standard InChI is InChI=1S/C25H25NO7S/c1-4-31-25(30)21-16-10-9-13(2)11-20(16)34-23(21)26-22(28)14(3)32-24(29)19-12-17(27)15-7-5-6-8-18(15)33-19/h5-8,12-14H,4,9-11H2,1-3H3,(H,26,28). The van der Waals surface area contributed by atoms with Crippen LogP contribution in [-0.4, -0.2) is 30.6 Å². The molecule has 0 aliphatic heterocycles. The molecule has 4 rings (SSSR count). The van der Waals surface area contributed by atoms with E-state index in [0.29, 0.717) is 21.9 Å². The number of esters is 2. The first-order valence-electron chi connectivity index (χ1n) is 11.1. The minimum absolute atomic E-state index is 0.220. The molecule has 178 valence electrons. The van der Waals surface area contributed by atoms with Crippen molar-refractivity contribution in [1.82, 2.24) is 0 Å². The lowest BCUT2D eigenvalue weighted by Gasteiger charge is -2.18. The minimum atomic E-state index is -1.20. The van der Waals surface area contributed by atoms with Crippen LogP contribution < -0.4 is 10.7 Å². The lowest BCUT2D eigenvalue weighted by Crippen LogP contribution is -2.30. The molecule has 2 heterocycles. The Bertz CT molecular complexity index is 1320. The summed E-state index contributed by atoms with van der Waals surface area (Å²) < 4.78 is 15.9. The maximum absolute atomic E-state index is 12.8. The Morgan fingerprint density at radius 3 is 2.76 bits per heavy atom. The van der Waals surface area contributed by atoms with Crippen LogP contribution in [0.1, 0.15) is 58.5 Å². The largest absolute Gasteiger partial charge is 0.462 e. The number of carbonyl (C=O) groups excluding carboxylic acids is 3. The predicted molar refractivity (Wildman–Crippen MR) is 127 cm³/mol. The fraction of sp³-hybridized carbons (Fsp3) is 0.360. The number of thiophene rings is 1. The van der Waals surface area contributed by atoms with Crippen LogP contribution in [0, 0.1) is 5.92 Å². The smallest absolute Gasteiger partial charge is 0.375 e. The molecular weight excluding hydrogens is 458 g/mol. The molecule has 3 aromatic rings. The van der Waals surface area contributed by atoms with E-state index in [0.717, 1.165) is 35.8 Å². The van der Waals surface area contributed by atoms with Gasteiger partial charge >= 0.3 is 11.9 Å². The van der Waals surface area contributed by atoms with Gasteiger partial charge < -0.3 is 19.2 Å². The van der Waals surface area contributed by atoms with E-state index in [1.807, 2.05) is 0 Å². The zero-order valence-corrected chi connectivity index (χ0v) is 20.0. The summed E-state index contributed by atoms with van der Waals surface area (Å²) in [4.78, 5) is 51.3. The van der Waals surface area contributed by atoms with Crippen molar-refractivity contribution >= 4 is 45.2 Å². The van der Waals surface area contributed by atoms with Crippen molar-refractivity contribution in [3.8, 4) is 0 Å². The molecule has 2 unspecified atom stereocenters. The molecule has 0 radical (unpaired) electrons. The Kier molecular flexibility index (Phi) is 6.83. The Balaban J connectivity index is 1.52.